The number of rotatable bonds is 7. The van der Waals surface area contributed by atoms with Crippen LogP contribution in [0.4, 0.5) is 26.5 Å². The van der Waals surface area contributed by atoms with Gasteiger partial charge in [0.1, 0.15) is 5.60 Å². The van der Waals surface area contributed by atoms with E-state index in [-0.39, 0.29) is 46.5 Å². The van der Waals surface area contributed by atoms with Crippen molar-refractivity contribution < 1.29 is 28.6 Å². The minimum atomic E-state index is -1.35. The summed E-state index contributed by atoms with van der Waals surface area (Å²) in [5.74, 6) is -0.928. The van der Waals surface area contributed by atoms with Crippen molar-refractivity contribution in [2.24, 2.45) is 0 Å². The Morgan fingerprint density at radius 3 is 2.69 bits per heavy atom. The SMILES string of the molecule is CO[C@H]1CCC1NC(=O)c1cnc2c(N(C)C(=O)OC(C)(C)C)cc(NC3=CC=CN(c4ncccc4F)C3O)nn12. The second-order valence-electron chi connectivity index (χ2n) is 10.9. The minimum absolute atomic E-state index is 0.0682. The predicted octanol–water partition coefficient (Wildman–Crippen LogP) is 3.19. The Bertz CT molecular complexity index is 1560. The van der Waals surface area contributed by atoms with Crippen LogP contribution in [0.2, 0.25) is 0 Å². The molecular weight excluding hydrogens is 547 g/mol. The minimum Gasteiger partial charge on any atom is -0.443 e. The van der Waals surface area contributed by atoms with E-state index in [0.717, 1.165) is 12.8 Å². The molecule has 0 bridgehead atoms. The fourth-order valence-corrected chi connectivity index (χ4v) is 4.57. The zero-order valence-electron chi connectivity index (χ0n) is 23.9. The van der Waals surface area contributed by atoms with Crippen molar-refractivity contribution in [2.45, 2.75) is 57.6 Å². The lowest BCUT2D eigenvalue weighted by Crippen LogP contribution is -2.51. The number of nitrogens with one attached hydrogen (secondary N) is 2. The number of hydrogen-bond acceptors (Lipinski definition) is 10. The molecule has 5 rings (SSSR count). The first-order valence-corrected chi connectivity index (χ1v) is 13.4. The Balaban J connectivity index is 1.50. The lowest BCUT2D eigenvalue weighted by atomic mass is 9.89. The van der Waals surface area contributed by atoms with Crippen molar-refractivity contribution in [2.75, 3.05) is 29.3 Å². The van der Waals surface area contributed by atoms with Gasteiger partial charge in [0.15, 0.2) is 35.0 Å². The van der Waals surface area contributed by atoms with Crippen molar-refractivity contribution in [3.05, 3.63) is 66.2 Å². The van der Waals surface area contributed by atoms with Crippen molar-refractivity contribution in [1.29, 1.82) is 0 Å². The Kier molecular flexibility index (Phi) is 7.84. The van der Waals surface area contributed by atoms with Gasteiger partial charge >= 0.3 is 6.09 Å². The number of halogens is 1. The van der Waals surface area contributed by atoms with Crippen LogP contribution < -0.4 is 20.4 Å². The summed E-state index contributed by atoms with van der Waals surface area (Å²) >= 11 is 0. The average Bonchev–Trinajstić information content (AvgIpc) is 3.35. The molecule has 0 spiro atoms. The van der Waals surface area contributed by atoms with Crippen molar-refractivity contribution in [1.82, 2.24) is 24.9 Å². The number of pyridine rings is 1. The third-order valence-corrected chi connectivity index (χ3v) is 6.86. The van der Waals surface area contributed by atoms with Crippen molar-refractivity contribution >= 4 is 35.0 Å². The Morgan fingerprint density at radius 2 is 2.02 bits per heavy atom. The lowest BCUT2D eigenvalue weighted by Gasteiger charge is -2.35. The summed E-state index contributed by atoms with van der Waals surface area (Å²) in [6.45, 7) is 5.25. The maximum atomic E-state index is 14.5. The summed E-state index contributed by atoms with van der Waals surface area (Å²) in [5, 5.41) is 21.6. The largest absolute Gasteiger partial charge is 0.443 e. The van der Waals surface area contributed by atoms with Crippen molar-refractivity contribution in [3.8, 4) is 0 Å². The first kappa shape index (κ1) is 29.0. The molecule has 0 radical (unpaired) electrons. The molecule has 222 valence electrons. The number of carbonyl (C=O) groups excluding carboxylic acids is 2. The molecule has 3 N–H and O–H groups in total. The zero-order chi connectivity index (χ0) is 30.2. The Morgan fingerprint density at radius 1 is 1.24 bits per heavy atom. The molecule has 2 amide bonds. The van der Waals surface area contributed by atoms with Crippen LogP contribution in [0.25, 0.3) is 5.65 Å². The molecule has 1 saturated carbocycles. The van der Waals surface area contributed by atoms with E-state index in [0.29, 0.717) is 0 Å². The summed E-state index contributed by atoms with van der Waals surface area (Å²) in [5.41, 5.74) is 0.123. The van der Waals surface area contributed by atoms with Gasteiger partial charge in [-0.2, -0.15) is 0 Å². The number of aliphatic hydroxyl groups is 1. The van der Waals surface area contributed by atoms with Gasteiger partial charge in [0.25, 0.3) is 5.91 Å². The van der Waals surface area contributed by atoms with E-state index in [4.69, 9.17) is 9.47 Å². The summed E-state index contributed by atoms with van der Waals surface area (Å²) in [4.78, 5) is 37.2. The van der Waals surface area contributed by atoms with E-state index >= 15 is 0 Å². The van der Waals surface area contributed by atoms with Gasteiger partial charge < -0.3 is 25.2 Å². The van der Waals surface area contributed by atoms with Crippen LogP contribution in [0.3, 0.4) is 0 Å². The second kappa shape index (κ2) is 11.4. The number of amides is 2. The number of aromatic nitrogens is 4. The van der Waals surface area contributed by atoms with E-state index in [9.17, 15) is 19.1 Å². The third kappa shape index (κ3) is 5.76. The quantitative estimate of drug-likeness (QED) is 0.381. The number of allylic oxidation sites excluding steroid dienone is 2. The molecule has 0 aromatic carbocycles. The maximum Gasteiger partial charge on any atom is 0.414 e. The molecule has 2 unspecified atom stereocenters. The molecule has 42 heavy (non-hydrogen) atoms. The van der Waals surface area contributed by atoms with Crippen LogP contribution in [0.1, 0.15) is 44.1 Å². The fraction of sp³-hybridized carbons (Fsp3) is 0.393. The van der Waals surface area contributed by atoms with Crippen LogP contribution in [0.5, 0.6) is 0 Å². The normalized spacial score (nSPS) is 20.1. The lowest BCUT2D eigenvalue weighted by molar-refractivity contribution is 0.00718. The molecule has 1 aliphatic carbocycles. The molecule has 3 aromatic heterocycles. The topological polar surface area (TPSA) is 146 Å². The van der Waals surface area contributed by atoms with Crippen LogP contribution in [0.15, 0.2) is 54.6 Å². The number of carbonyl (C=O) groups is 2. The van der Waals surface area contributed by atoms with Gasteiger partial charge in [-0.3, -0.25) is 14.6 Å². The van der Waals surface area contributed by atoms with Crippen LogP contribution >= 0.6 is 0 Å². The zero-order valence-corrected chi connectivity index (χ0v) is 23.9. The highest BCUT2D eigenvalue weighted by atomic mass is 19.1. The van der Waals surface area contributed by atoms with Gasteiger partial charge in [-0.1, -0.05) is 0 Å². The molecule has 13 nitrogen and oxygen atoms in total. The molecule has 0 saturated heterocycles. The van der Waals surface area contributed by atoms with E-state index < -0.39 is 29.6 Å². The predicted molar refractivity (Wildman–Crippen MR) is 152 cm³/mol. The van der Waals surface area contributed by atoms with E-state index in [2.05, 4.69) is 25.7 Å². The number of methoxy groups -OCH3 is 1. The second-order valence-corrected chi connectivity index (χ2v) is 10.9. The van der Waals surface area contributed by atoms with E-state index in [1.807, 2.05) is 0 Å². The molecule has 3 aromatic rings. The number of aliphatic hydroxyl groups excluding tert-OH is 1. The summed E-state index contributed by atoms with van der Waals surface area (Å²) in [7, 11) is 3.12. The summed E-state index contributed by atoms with van der Waals surface area (Å²) < 4.78 is 26.7. The first-order chi connectivity index (χ1) is 20.0. The summed E-state index contributed by atoms with van der Waals surface area (Å²) in [6, 6.07) is 4.09. The first-order valence-electron chi connectivity index (χ1n) is 13.4. The molecule has 14 heteroatoms. The molecule has 4 heterocycles. The molecule has 1 aliphatic heterocycles. The number of nitrogens with zero attached hydrogens (tertiary/aromatic N) is 6. The standard InChI is InChI=1S/C28H33FN8O5/c1-28(2,3)42-27(40)35(4)19-14-22(32-18-9-7-13-36(26(18)39)23-16(29)8-6-12-30-23)34-37-20(15-31-24(19)37)25(38)33-17-10-11-21(17)41-5/h6-9,12-15,17,21,26,39H,10-11H2,1-5H3,(H,32,34)(H,33,38)/t17?,21-,26?/m0/s1. The number of anilines is 3. The monoisotopic (exact) mass is 580 g/mol. The number of ether oxygens (including phenoxy) is 2. The van der Waals surface area contributed by atoms with Crippen LogP contribution in [0, 0.1) is 5.82 Å². The fourth-order valence-electron chi connectivity index (χ4n) is 4.57. The van der Waals surface area contributed by atoms with Crippen LogP contribution in [-0.2, 0) is 9.47 Å². The smallest absolute Gasteiger partial charge is 0.414 e. The number of imidazole rings is 1. The molecule has 3 atom stereocenters. The highest BCUT2D eigenvalue weighted by Gasteiger charge is 2.33. The highest BCUT2D eigenvalue weighted by Crippen LogP contribution is 2.29. The van der Waals surface area contributed by atoms with E-state index in [1.54, 1.807) is 46.1 Å². The molecular formula is C28H33FN8O5. The van der Waals surface area contributed by atoms with Gasteiger partial charge in [0.05, 0.1) is 29.7 Å². The van der Waals surface area contributed by atoms with Crippen LogP contribution in [-0.4, -0.2) is 74.8 Å². The number of fused-ring (bicyclic) bond motifs is 1. The van der Waals surface area contributed by atoms with Gasteiger partial charge in [0.2, 0.25) is 0 Å². The van der Waals surface area contributed by atoms with Gasteiger partial charge in [-0.15, -0.1) is 5.10 Å². The Labute approximate surface area is 241 Å². The highest BCUT2D eigenvalue weighted by molar-refractivity contribution is 5.96. The summed E-state index contributed by atoms with van der Waals surface area (Å²) in [6.07, 6.45) is 7.03. The van der Waals surface area contributed by atoms with Gasteiger partial charge in [-0.25, -0.2) is 23.7 Å². The maximum absolute atomic E-state index is 14.5. The molecule has 2 aliphatic rings. The average molecular weight is 581 g/mol. The Hall–Kier alpha value is -4.56. The number of hydrogen-bond donors (Lipinski definition) is 3. The van der Waals surface area contributed by atoms with Gasteiger partial charge in [-0.05, 0) is 57.9 Å². The third-order valence-electron chi connectivity index (χ3n) is 6.86. The van der Waals surface area contributed by atoms with Gasteiger partial charge in [0, 0.05) is 32.6 Å². The van der Waals surface area contributed by atoms with E-state index in [1.165, 1.54) is 52.1 Å². The van der Waals surface area contributed by atoms with Crippen molar-refractivity contribution in [3.63, 3.8) is 0 Å². The molecule has 1 fully saturated rings.